The van der Waals surface area contributed by atoms with Crippen LogP contribution in [0.1, 0.15) is 66.6 Å². The molecular weight excluding hydrogens is 472 g/mol. The first kappa shape index (κ1) is 25.0. The number of ether oxygens (including phenoxy) is 2. The van der Waals surface area contributed by atoms with Gasteiger partial charge in [-0.15, -0.1) is 0 Å². The van der Waals surface area contributed by atoms with Gasteiger partial charge in [-0.05, 0) is 37.8 Å². The van der Waals surface area contributed by atoms with E-state index < -0.39 is 29.8 Å². The number of fused-ring (bicyclic) bond motifs is 1. The number of nitrogens with one attached hydrogen (secondary N) is 1. The van der Waals surface area contributed by atoms with Crippen LogP contribution in [0.4, 0.5) is 22.4 Å². The van der Waals surface area contributed by atoms with Crippen molar-refractivity contribution in [2.45, 2.75) is 64.5 Å². The van der Waals surface area contributed by atoms with E-state index in [1.165, 1.54) is 6.07 Å². The molecule has 2 aliphatic rings. The normalized spacial score (nSPS) is 18.8. The van der Waals surface area contributed by atoms with Gasteiger partial charge in [0.25, 0.3) is 5.91 Å². The van der Waals surface area contributed by atoms with Gasteiger partial charge in [-0.2, -0.15) is 13.2 Å². The Morgan fingerprint density at radius 1 is 1.31 bits per heavy atom. The monoisotopic (exact) mass is 498 g/mol. The molecular formula is C23H26F4N4O4. The number of rotatable bonds is 5. The predicted octanol–water partition coefficient (Wildman–Crippen LogP) is 4.44. The Morgan fingerprint density at radius 3 is 2.71 bits per heavy atom. The van der Waals surface area contributed by atoms with Gasteiger partial charge in [0, 0.05) is 31.4 Å². The lowest BCUT2D eigenvalue weighted by molar-refractivity contribution is -0.143. The van der Waals surface area contributed by atoms with Gasteiger partial charge in [-0.1, -0.05) is 6.92 Å². The number of pyridine rings is 1. The van der Waals surface area contributed by atoms with Crippen molar-refractivity contribution in [1.82, 2.24) is 19.8 Å². The van der Waals surface area contributed by atoms with Gasteiger partial charge in [0.2, 0.25) is 0 Å². The number of halogens is 4. The number of hydrogen-bond donors (Lipinski definition) is 1. The fourth-order valence-electron chi connectivity index (χ4n) is 4.49. The van der Waals surface area contributed by atoms with Gasteiger partial charge >= 0.3 is 12.3 Å². The molecule has 0 radical (unpaired) electrons. The number of hydrogen-bond acceptors (Lipinski definition) is 5. The van der Waals surface area contributed by atoms with Crippen LogP contribution in [-0.4, -0.2) is 45.6 Å². The molecule has 0 aliphatic carbocycles. The summed E-state index contributed by atoms with van der Waals surface area (Å²) in [4.78, 5) is 30.8. The van der Waals surface area contributed by atoms with Crippen LogP contribution in [-0.2, 0) is 24.1 Å². The number of amides is 2. The van der Waals surface area contributed by atoms with Crippen molar-refractivity contribution in [1.29, 1.82) is 0 Å². The molecule has 1 saturated heterocycles. The van der Waals surface area contributed by atoms with Crippen LogP contribution in [0.25, 0.3) is 0 Å². The molecule has 0 bridgehead atoms. The first-order valence-corrected chi connectivity index (χ1v) is 11.4. The van der Waals surface area contributed by atoms with Crippen LogP contribution in [0.2, 0.25) is 0 Å². The van der Waals surface area contributed by atoms with Crippen LogP contribution < -0.4 is 10.1 Å². The van der Waals surface area contributed by atoms with E-state index in [4.69, 9.17) is 9.47 Å². The Morgan fingerprint density at radius 2 is 2.09 bits per heavy atom. The van der Waals surface area contributed by atoms with Gasteiger partial charge in [0.1, 0.15) is 5.69 Å². The average molecular weight is 498 g/mol. The van der Waals surface area contributed by atoms with E-state index in [1.54, 1.807) is 16.4 Å². The molecule has 2 aromatic rings. The first-order valence-electron chi connectivity index (χ1n) is 11.4. The highest BCUT2D eigenvalue weighted by Gasteiger charge is 2.36. The zero-order valence-electron chi connectivity index (χ0n) is 19.3. The number of aromatic nitrogens is 2. The molecule has 2 amide bonds. The van der Waals surface area contributed by atoms with Crippen LogP contribution >= 0.6 is 0 Å². The molecule has 2 aliphatic heterocycles. The maximum Gasteiger partial charge on any atom is 0.436 e. The molecule has 0 spiro atoms. The van der Waals surface area contributed by atoms with E-state index in [0.717, 1.165) is 19.0 Å². The fraction of sp³-hybridized carbons (Fsp3) is 0.522. The molecule has 12 heteroatoms. The highest BCUT2D eigenvalue weighted by Crippen LogP contribution is 2.32. The second kappa shape index (κ2) is 9.84. The highest BCUT2D eigenvalue weighted by molar-refractivity contribution is 5.94. The Hall–Kier alpha value is -3.15. The highest BCUT2D eigenvalue weighted by atomic mass is 19.4. The second-order valence-corrected chi connectivity index (χ2v) is 8.63. The van der Waals surface area contributed by atoms with Crippen molar-refractivity contribution in [2.24, 2.45) is 0 Å². The van der Waals surface area contributed by atoms with E-state index >= 15 is 0 Å². The van der Waals surface area contributed by atoms with E-state index in [1.807, 2.05) is 6.92 Å². The Bertz CT molecular complexity index is 1120. The lowest BCUT2D eigenvalue weighted by Crippen LogP contribution is -2.35. The fourth-order valence-corrected chi connectivity index (χ4v) is 4.49. The molecule has 35 heavy (non-hydrogen) atoms. The average Bonchev–Trinajstić information content (AvgIpc) is 3.40. The molecule has 4 heterocycles. The Balaban J connectivity index is 1.52. The molecule has 2 aromatic heterocycles. The van der Waals surface area contributed by atoms with Crippen LogP contribution in [0.15, 0.2) is 18.3 Å². The zero-order chi connectivity index (χ0) is 25.3. The van der Waals surface area contributed by atoms with E-state index in [2.05, 4.69) is 10.3 Å². The summed E-state index contributed by atoms with van der Waals surface area (Å²) in [5.41, 5.74) is -0.613. The third-order valence-electron chi connectivity index (χ3n) is 6.34. The number of carbonyl (C=O) groups excluding carboxylic acids is 2. The van der Waals surface area contributed by atoms with Crippen molar-refractivity contribution in [2.75, 3.05) is 13.2 Å². The number of carbonyl (C=O) groups is 2. The maximum absolute atomic E-state index is 14.0. The van der Waals surface area contributed by atoms with Crippen LogP contribution in [0.3, 0.4) is 0 Å². The summed E-state index contributed by atoms with van der Waals surface area (Å²) >= 11 is 0. The number of nitrogens with zero attached hydrogens (tertiary/aromatic N) is 3. The second-order valence-electron chi connectivity index (χ2n) is 8.63. The van der Waals surface area contributed by atoms with Crippen molar-refractivity contribution in [3.8, 4) is 5.75 Å². The van der Waals surface area contributed by atoms with E-state index in [0.29, 0.717) is 37.2 Å². The Labute approximate surface area is 199 Å². The SMILES string of the molecule is CC[C@@H](NC(=O)Oc1cc(C(=O)N2CCC[C@@H]2C)n2c1COCC2)c1cnc(C(F)(F)F)c(F)c1. The maximum atomic E-state index is 14.0. The molecule has 1 fully saturated rings. The summed E-state index contributed by atoms with van der Waals surface area (Å²) in [6, 6.07) is 1.49. The van der Waals surface area contributed by atoms with Gasteiger partial charge in [0.05, 0.1) is 24.9 Å². The summed E-state index contributed by atoms with van der Waals surface area (Å²) in [6.07, 6.45) is -2.85. The van der Waals surface area contributed by atoms with Gasteiger partial charge < -0.3 is 24.3 Å². The third-order valence-corrected chi connectivity index (χ3v) is 6.34. The first-order chi connectivity index (χ1) is 16.6. The van der Waals surface area contributed by atoms with Crippen LogP contribution in [0, 0.1) is 5.82 Å². The van der Waals surface area contributed by atoms with Gasteiger partial charge in [-0.3, -0.25) is 4.79 Å². The Kier molecular flexibility index (Phi) is 7.02. The number of alkyl halides is 3. The quantitative estimate of drug-likeness (QED) is 0.617. The minimum Gasteiger partial charge on any atom is -0.408 e. The lowest BCUT2D eigenvalue weighted by Gasteiger charge is -2.24. The smallest absolute Gasteiger partial charge is 0.408 e. The van der Waals surface area contributed by atoms with Crippen molar-refractivity contribution >= 4 is 12.0 Å². The molecule has 0 saturated carbocycles. The van der Waals surface area contributed by atoms with Gasteiger partial charge in [-0.25, -0.2) is 14.2 Å². The third kappa shape index (κ3) is 5.12. The molecule has 0 aromatic carbocycles. The van der Waals surface area contributed by atoms with Crippen molar-refractivity contribution in [3.05, 3.63) is 46.8 Å². The van der Waals surface area contributed by atoms with Gasteiger partial charge in [0.15, 0.2) is 17.3 Å². The summed E-state index contributed by atoms with van der Waals surface area (Å²) in [7, 11) is 0. The molecule has 190 valence electrons. The van der Waals surface area contributed by atoms with Crippen molar-refractivity contribution in [3.63, 3.8) is 0 Å². The van der Waals surface area contributed by atoms with E-state index in [9.17, 15) is 27.2 Å². The molecule has 2 atom stereocenters. The van der Waals surface area contributed by atoms with Crippen LogP contribution in [0.5, 0.6) is 5.75 Å². The molecule has 8 nitrogen and oxygen atoms in total. The summed E-state index contributed by atoms with van der Waals surface area (Å²) in [5.74, 6) is -1.52. The standard InChI is InChI=1S/C23H26F4N4O4/c1-3-16(14-9-15(24)20(28-11-14)23(25,26)27)29-22(33)35-19-10-17(31-7-8-34-12-18(19)31)21(32)30-6-4-5-13(30)2/h9-11,13,16H,3-8,12H2,1-2H3,(H,29,33)/t13-,16+/m0/s1. The minimum atomic E-state index is -4.92. The molecule has 4 rings (SSSR count). The summed E-state index contributed by atoms with van der Waals surface area (Å²) in [6.45, 7) is 5.30. The molecule has 1 N–H and O–H groups in total. The largest absolute Gasteiger partial charge is 0.436 e. The zero-order valence-corrected chi connectivity index (χ0v) is 19.3. The number of likely N-dealkylation sites (tertiary alicyclic amines) is 1. The lowest BCUT2D eigenvalue weighted by atomic mass is 10.1. The molecule has 0 unspecified atom stereocenters. The van der Waals surface area contributed by atoms with E-state index in [-0.39, 0.29) is 36.3 Å². The predicted molar refractivity (Wildman–Crippen MR) is 115 cm³/mol. The van der Waals surface area contributed by atoms with Crippen molar-refractivity contribution < 1.29 is 36.6 Å². The summed E-state index contributed by atoms with van der Waals surface area (Å²) < 4.78 is 65.1. The topological polar surface area (TPSA) is 85.7 Å². The minimum absolute atomic E-state index is 0.0658. The summed E-state index contributed by atoms with van der Waals surface area (Å²) in [5, 5.41) is 2.53.